The molecule has 4 rings (SSSR count). The summed E-state index contributed by atoms with van der Waals surface area (Å²) in [7, 11) is -2.26. The van der Waals surface area contributed by atoms with E-state index in [0.29, 0.717) is 24.5 Å². The third-order valence-corrected chi connectivity index (χ3v) is 7.64. The van der Waals surface area contributed by atoms with E-state index in [0.717, 1.165) is 25.7 Å². The second-order valence-corrected chi connectivity index (χ2v) is 10.1. The van der Waals surface area contributed by atoms with Gasteiger partial charge >= 0.3 is 0 Å². The van der Waals surface area contributed by atoms with E-state index in [2.05, 4.69) is 10.6 Å². The van der Waals surface area contributed by atoms with Crippen LogP contribution in [-0.4, -0.2) is 44.7 Å². The molecule has 0 atom stereocenters. The van der Waals surface area contributed by atoms with Crippen molar-refractivity contribution in [1.29, 1.82) is 0 Å². The average molecular weight is 498 g/mol. The van der Waals surface area contributed by atoms with E-state index in [4.69, 9.17) is 9.15 Å². The molecule has 2 N–H and O–H groups in total. The predicted octanol–water partition coefficient (Wildman–Crippen LogP) is 4.36. The van der Waals surface area contributed by atoms with Gasteiger partial charge in [-0.2, -0.15) is 4.31 Å². The summed E-state index contributed by atoms with van der Waals surface area (Å²) >= 11 is 0. The summed E-state index contributed by atoms with van der Waals surface area (Å²) in [5.74, 6) is -0.454. The summed E-state index contributed by atoms with van der Waals surface area (Å²) in [4.78, 5) is 25.3. The van der Waals surface area contributed by atoms with Crippen LogP contribution in [0.1, 0.15) is 46.6 Å². The van der Waals surface area contributed by atoms with Crippen LogP contribution < -0.4 is 15.4 Å². The highest BCUT2D eigenvalue weighted by Gasteiger charge is 2.26. The van der Waals surface area contributed by atoms with Gasteiger partial charge in [0, 0.05) is 24.3 Å². The molecule has 3 aromatic rings. The third kappa shape index (κ3) is 5.72. The lowest BCUT2D eigenvalue weighted by Gasteiger charge is -2.21. The lowest BCUT2D eigenvalue weighted by molar-refractivity contribution is 0.0993. The molecule has 10 heteroatoms. The molecule has 1 aliphatic rings. The quantitative estimate of drug-likeness (QED) is 0.501. The van der Waals surface area contributed by atoms with Gasteiger partial charge in [-0.25, -0.2) is 8.42 Å². The Hall–Kier alpha value is -3.63. The summed E-state index contributed by atoms with van der Waals surface area (Å²) < 4.78 is 38.4. The summed E-state index contributed by atoms with van der Waals surface area (Å²) in [6.07, 6.45) is 5.07. The van der Waals surface area contributed by atoms with Gasteiger partial charge in [-0.1, -0.05) is 18.9 Å². The molecule has 0 saturated carbocycles. The van der Waals surface area contributed by atoms with Crippen LogP contribution in [0.4, 0.5) is 11.4 Å². The fourth-order valence-electron chi connectivity index (χ4n) is 3.91. The van der Waals surface area contributed by atoms with Gasteiger partial charge in [-0.05, 0) is 61.4 Å². The number of hydrogen-bond acceptors (Lipinski definition) is 6. The molecule has 2 heterocycles. The molecule has 1 saturated heterocycles. The predicted molar refractivity (Wildman–Crippen MR) is 131 cm³/mol. The van der Waals surface area contributed by atoms with Crippen molar-refractivity contribution in [2.45, 2.75) is 30.6 Å². The van der Waals surface area contributed by atoms with Crippen molar-refractivity contribution in [1.82, 2.24) is 4.31 Å². The van der Waals surface area contributed by atoms with Crippen LogP contribution in [-0.2, 0) is 10.0 Å². The number of methoxy groups -OCH3 is 1. The minimum Gasteiger partial charge on any atom is -0.495 e. The Morgan fingerprint density at radius 2 is 1.69 bits per heavy atom. The molecule has 1 fully saturated rings. The highest BCUT2D eigenvalue weighted by molar-refractivity contribution is 7.89. The van der Waals surface area contributed by atoms with Crippen molar-refractivity contribution in [3.8, 4) is 5.75 Å². The molecule has 0 spiro atoms. The molecule has 184 valence electrons. The highest BCUT2D eigenvalue weighted by Crippen LogP contribution is 2.30. The number of amides is 2. The minimum atomic E-state index is -3.70. The molecule has 1 aromatic heterocycles. The Morgan fingerprint density at radius 3 is 2.37 bits per heavy atom. The number of carbonyl (C=O) groups excluding carboxylic acids is 2. The van der Waals surface area contributed by atoms with E-state index in [1.807, 2.05) is 0 Å². The van der Waals surface area contributed by atoms with Crippen LogP contribution >= 0.6 is 0 Å². The van der Waals surface area contributed by atoms with Crippen LogP contribution in [0.3, 0.4) is 0 Å². The number of anilines is 2. The van der Waals surface area contributed by atoms with E-state index in [1.54, 1.807) is 24.3 Å². The molecule has 35 heavy (non-hydrogen) atoms. The Kier molecular flexibility index (Phi) is 7.52. The monoisotopic (exact) mass is 497 g/mol. The van der Waals surface area contributed by atoms with Crippen LogP contribution in [0.2, 0.25) is 0 Å². The second kappa shape index (κ2) is 10.7. The van der Waals surface area contributed by atoms with Crippen LogP contribution in [0, 0.1) is 0 Å². The number of ether oxygens (including phenoxy) is 1. The number of carbonyl (C=O) groups is 2. The summed E-state index contributed by atoms with van der Waals surface area (Å²) in [6.45, 7) is 0.957. The van der Waals surface area contributed by atoms with Gasteiger partial charge in [0.25, 0.3) is 11.8 Å². The zero-order valence-corrected chi connectivity index (χ0v) is 20.1. The number of furan rings is 1. The van der Waals surface area contributed by atoms with E-state index in [-0.39, 0.29) is 21.9 Å². The maximum absolute atomic E-state index is 13.2. The highest BCUT2D eigenvalue weighted by atomic mass is 32.2. The van der Waals surface area contributed by atoms with Gasteiger partial charge < -0.3 is 19.8 Å². The number of benzene rings is 2. The van der Waals surface area contributed by atoms with E-state index >= 15 is 0 Å². The molecule has 9 nitrogen and oxygen atoms in total. The first-order valence-corrected chi connectivity index (χ1v) is 12.8. The van der Waals surface area contributed by atoms with Gasteiger partial charge in [-0.3, -0.25) is 9.59 Å². The molecule has 2 aromatic carbocycles. The summed E-state index contributed by atoms with van der Waals surface area (Å²) in [6, 6.07) is 13.9. The number of nitrogens with zero attached hydrogens (tertiary/aromatic N) is 1. The van der Waals surface area contributed by atoms with Crippen molar-refractivity contribution < 1.29 is 27.2 Å². The number of hydrogen-bond donors (Lipinski definition) is 2. The minimum absolute atomic E-state index is 0.0926. The second-order valence-electron chi connectivity index (χ2n) is 8.15. The van der Waals surface area contributed by atoms with Crippen molar-refractivity contribution in [3.63, 3.8) is 0 Å². The lowest BCUT2D eigenvalue weighted by Crippen LogP contribution is -2.32. The maximum atomic E-state index is 13.2. The van der Waals surface area contributed by atoms with Gasteiger partial charge in [0.15, 0.2) is 5.76 Å². The number of rotatable bonds is 7. The molecular weight excluding hydrogens is 470 g/mol. The fraction of sp³-hybridized carbons (Fsp3) is 0.280. The number of nitrogens with one attached hydrogen (secondary N) is 2. The lowest BCUT2D eigenvalue weighted by atomic mass is 10.1. The molecular formula is C25H27N3O6S. The molecule has 0 unspecified atom stereocenters. The van der Waals surface area contributed by atoms with Crippen LogP contribution in [0.15, 0.2) is 70.2 Å². The van der Waals surface area contributed by atoms with Crippen LogP contribution in [0.25, 0.3) is 0 Å². The third-order valence-electron chi connectivity index (χ3n) is 5.75. The molecule has 1 aliphatic heterocycles. The first kappa shape index (κ1) is 24.5. The molecule has 2 amide bonds. The van der Waals surface area contributed by atoms with Crippen molar-refractivity contribution in [2.75, 3.05) is 30.8 Å². The average Bonchev–Trinajstić information content (AvgIpc) is 3.26. The summed E-state index contributed by atoms with van der Waals surface area (Å²) in [5.41, 5.74) is 0.909. The van der Waals surface area contributed by atoms with Crippen molar-refractivity contribution >= 4 is 33.2 Å². The van der Waals surface area contributed by atoms with Gasteiger partial charge in [0.1, 0.15) is 5.75 Å². The zero-order chi connectivity index (χ0) is 24.8. The van der Waals surface area contributed by atoms with Crippen LogP contribution in [0.5, 0.6) is 5.75 Å². The zero-order valence-electron chi connectivity index (χ0n) is 19.3. The topological polar surface area (TPSA) is 118 Å². The fourth-order valence-corrected chi connectivity index (χ4v) is 5.45. The van der Waals surface area contributed by atoms with E-state index in [1.165, 1.54) is 48.0 Å². The first-order valence-electron chi connectivity index (χ1n) is 11.3. The number of sulfonamides is 1. The standard InChI is InChI=1S/C25H27N3O6S/c1-33-22-12-11-20(35(31,32)28-13-4-2-3-5-14-28)17-21(22)27-24(29)18-8-6-9-19(16-18)26-25(30)23-10-7-15-34-23/h6-12,15-17H,2-5,13-14H2,1H3,(H,26,30)(H,27,29). The Balaban J connectivity index is 1.54. The Labute approximate surface area is 204 Å². The first-order chi connectivity index (χ1) is 16.9. The SMILES string of the molecule is COc1ccc(S(=O)(=O)N2CCCCCC2)cc1NC(=O)c1cccc(NC(=O)c2ccco2)c1. The van der Waals surface area contributed by atoms with Gasteiger partial charge in [0.2, 0.25) is 10.0 Å². The maximum Gasteiger partial charge on any atom is 0.291 e. The van der Waals surface area contributed by atoms with Crippen molar-refractivity contribution in [3.05, 3.63) is 72.2 Å². The molecule has 0 aliphatic carbocycles. The molecule has 0 bridgehead atoms. The smallest absolute Gasteiger partial charge is 0.291 e. The van der Waals surface area contributed by atoms with E-state index in [9.17, 15) is 18.0 Å². The van der Waals surface area contributed by atoms with E-state index < -0.39 is 21.8 Å². The summed E-state index contributed by atoms with van der Waals surface area (Å²) in [5, 5.41) is 5.41. The Bertz CT molecular complexity index is 1300. The largest absolute Gasteiger partial charge is 0.495 e. The van der Waals surface area contributed by atoms with Gasteiger partial charge in [0.05, 0.1) is 24.0 Å². The van der Waals surface area contributed by atoms with Gasteiger partial charge in [-0.15, -0.1) is 0 Å². The molecule has 0 radical (unpaired) electrons. The van der Waals surface area contributed by atoms with Crippen molar-refractivity contribution in [2.24, 2.45) is 0 Å². The normalized spacial score (nSPS) is 14.7. The Morgan fingerprint density at radius 1 is 0.914 bits per heavy atom.